The molecule has 0 aliphatic heterocycles. The van der Waals surface area contributed by atoms with Crippen LogP contribution in [0.25, 0.3) is 11.1 Å². The van der Waals surface area contributed by atoms with Crippen molar-refractivity contribution in [2.75, 3.05) is 6.26 Å². The van der Waals surface area contributed by atoms with Gasteiger partial charge in [-0.25, -0.2) is 4.79 Å². The van der Waals surface area contributed by atoms with Gasteiger partial charge in [-0.1, -0.05) is 92.8 Å². The van der Waals surface area contributed by atoms with Crippen LogP contribution in [0, 0.1) is 0 Å². The van der Waals surface area contributed by atoms with Crippen LogP contribution in [0.1, 0.15) is 103 Å². The molecular weight excluding hydrogens is 673 g/mol. The van der Waals surface area contributed by atoms with Crippen molar-refractivity contribution in [3.63, 3.8) is 0 Å². The van der Waals surface area contributed by atoms with Crippen LogP contribution in [0.4, 0.5) is 0 Å². The van der Waals surface area contributed by atoms with Gasteiger partial charge >= 0.3 is 5.97 Å². The first kappa shape index (κ1) is 35.2. The van der Waals surface area contributed by atoms with Crippen LogP contribution in [0.2, 0.25) is 0 Å². The number of hydrogen-bond donors (Lipinski definition) is 2. The van der Waals surface area contributed by atoms with E-state index in [0.717, 1.165) is 68.9 Å². The van der Waals surface area contributed by atoms with Gasteiger partial charge in [-0.05, 0) is 153 Å². The Kier molecular flexibility index (Phi) is 10.2. The lowest BCUT2D eigenvalue weighted by molar-refractivity contribution is 0.0697. The van der Waals surface area contributed by atoms with Gasteiger partial charge in [0.1, 0.15) is 4.90 Å². The molecule has 7 rings (SSSR count). The Labute approximate surface area is 303 Å². The standard InChI is InChI=1S/C44H46O5S2/c1-50(36-17-7-3-8-18-36,37-19-9-4-10-20-37)38-21-13-16-34(28-38)39-22-11-12-23-40(39)42-30-35(31-24-26-33(27-25-31)44(45)46)29-41(43(42)51(47,48)49)32-14-5-2-6-15-32/h3-4,7-10,13,16-21,24-30,32,39-40H,2,5-6,11-12,14-15,22-23H2,1H3,(H,45,46)(H,47,48,49). The van der Waals surface area contributed by atoms with Crippen LogP contribution < -0.4 is 0 Å². The van der Waals surface area contributed by atoms with Crippen LogP contribution in [-0.4, -0.2) is 30.3 Å². The van der Waals surface area contributed by atoms with Crippen molar-refractivity contribution in [3.8, 4) is 11.1 Å². The minimum Gasteiger partial charge on any atom is -0.478 e. The largest absolute Gasteiger partial charge is 0.478 e. The molecule has 264 valence electrons. The quantitative estimate of drug-likeness (QED) is 0.148. The first-order valence-corrected chi connectivity index (χ1v) is 21.6. The predicted octanol–water partition coefficient (Wildman–Crippen LogP) is 11.7. The van der Waals surface area contributed by atoms with Crippen LogP contribution in [0.5, 0.6) is 0 Å². The molecule has 0 heterocycles. The minimum atomic E-state index is -4.56. The molecular formula is C44H46O5S2. The van der Waals surface area contributed by atoms with E-state index in [9.17, 15) is 22.9 Å². The van der Waals surface area contributed by atoms with E-state index < -0.39 is 26.1 Å². The second-order valence-corrected chi connectivity index (χ2v) is 18.9. The lowest BCUT2D eigenvalue weighted by atomic mass is 9.71. The number of rotatable bonds is 9. The van der Waals surface area contributed by atoms with Crippen LogP contribution in [-0.2, 0) is 10.1 Å². The molecule has 0 aromatic heterocycles. The highest BCUT2D eigenvalue weighted by Gasteiger charge is 2.36. The number of carboxylic acid groups (broad SMARTS) is 1. The van der Waals surface area contributed by atoms with Gasteiger partial charge in [0.05, 0.1) is 5.56 Å². The van der Waals surface area contributed by atoms with E-state index in [1.807, 2.05) is 12.1 Å². The molecule has 2 aliphatic rings. The zero-order valence-electron chi connectivity index (χ0n) is 29.1. The second kappa shape index (κ2) is 14.8. The summed E-state index contributed by atoms with van der Waals surface area (Å²) in [5.41, 5.74) is 4.48. The first-order valence-electron chi connectivity index (χ1n) is 18.1. The highest BCUT2D eigenvalue weighted by atomic mass is 32.3. The Morgan fingerprint density at radius 3 is 1.73 bits per heavy atom. The normalized spacial score (nSPS) is 19.0. The predicted molar refractivity (Wildman–Crippen MR) is 206 cm³/mol. The maximum Gasteiger partial charge on any atom is 0.335 e. The van der Waals surface area contributed by atoms with Crippen molar-refractivity contribution in [2.24, 2.45) is 0 Å². The molecule has 0 saturated heterocycles. The molecule has 0 amide bonds. The van der Waals surface area contributed by atoms with Crippen molar-refractivity contribution in [1.29, 1.82) is 0 Å². The Morgan fingerprint density at radius 1 is 0.588 bits per heavy atom. The number of aromatic carboxylic acids is 1. The fourth-order valence-electron chi connectivity index (χ4n) is 8.63. The van der Waals surface area contributed by atoms with Gasteiger partial charge in [0.15, 0.2) is 0 Å². The Hall–Kier alpha value is -4.17. The van der Waals surface area contributed by atoms with E-state index >= 15 is 0 Å². The molecule has 5 aromatic rings. The van der Waals surface area contributed by atoms with Gasteiger partial charge in [-0.2, -0.15) is 18.4 Å². The molecule has 0 spiro atoms. The maximum atomic E-state index is 13.6. The summed E-state index contributed by atoms with van der Waals surface area (Å²) in [5, 5.41) is 9.54. The molecule has 0 bridgehead atoms. The van der Waals surface area contributed by atoms with E-state index in [1.54, 1.807) is 24.3 Å². The summed E-state index contributed by atoms with van der Waals surface area (Å²) in [6.45, 7) is 0. The van der Waals surface area contributed by atoms with E-state index in [0.29, 0.717) is 11.1 Å². The summed E-state index contributed by atoms with van der Waals surface area (Å²) in [6.07, 6.45) is 11.0. The topological polar surface area (TPSA) is 91.7 Å². The van der Waals surface area contributed by atoms with Crippen LogP contribution >= 0.6 is 10.0 Å². The van der Waals surface area contributed by atoms with Gasteiger partial charge in [-0.15, -0.1) is 0 Å². The van der Waals surface area contributed by atoms with Gasteiger partial charge in [0, 0.05) is 0 Å². The van der Waals surface area contributed by atoms with Crippen molar-refractivity contribution in [1.82, 2.24) is 0 Å². The Balaban J connectivity index is 1.39. The average molecular weight is 719 g/mol. The number of carboxylic acids is 1. The third-order valence-electron chi connectivity index (χ3n) is 11.3. The number of hydrogen-bond acceptors (Lipinski definition) is 3. The second-order valence-electron chi connectivity index (χ2n) is 14.3. The smallest absolute Gasteiger partial charge is 0.335 e. The maximum absolute atomic E-state index is 13.6. The van der Waals surface area contributed by atoms with Crippen molar-refractivity contribution >= 4 is 26.1 Å². The van der Waals surface area contributed by atoms with E-state index in [1.165, 1.54) is 20.2 Å². The zero-order valence-corrected chi connectivity index (χ0v) is 30.7. The summed E-state index contributed by atoms with van der Waals surface area (Å²) in [7, 11) is -6.16. The van der Waals surface area contributed by atoms with Gasteiger partial charge in [0.25, 0.3) is 10.1 Å². The third kappa shape index (κ3) is 7.17. The molecule has 5 aromatic carbocycles. The van der Waals surface area contributed by atoms with E-state index in [4.69, 9.17) is 0 Å². The fraction of sp³-hybridized carbons (Fsp3) is 0.295. The zero-order chi connectivity index (χ0) is 35.6. The molecule has 2 N–H and O–H groups in total. The van der Waals surface area contributed by atoms with Gasteiger partial charge in [0.2, 0.25) is 0 Å². The molecule has 0 radical (unpaired) electrons. The molecule has 2 fully saturated rings. The monoisotopic (exact) mass is 718 g/mol. The van der Waals surface area contributed by atoms with Crippen LogP contribution in [0.3, 0.4) is 0 Å². The SMILES string of the molecule is CS(c1ccccc1)(c1ccccc1)c1cccc(C2CCCCC2c2cc(-c3ccc(C(=O)O)cc3)cc(C3CCCCC3)c2S(=O)(=O)O)c1. The van der Waals surface area contributed by atoms with Crippen molar-refractivity contribution < 1.29 is 22.9 Å². The van der Waals surface area contributed by atoms with Gasteiger partial charge in [-0.3, -0.25) is 4.55 Å². The summed E-state index contributed by atoms with van der Waals surface area (Å²) in [4.78, 5) is 15.6. The summed E-state index contributed by atoms with van der Waals surface area (Å²) < 4.78 is 38.2. The van der Waals surface area contributed by atoms with E-state index in [2.05, 4.69) is 91.2 Å². The molecule has 51 heavy (non-hydrogen) atoms. The van der Waals surface area contributed by atoms with Crippen LogP contribution in [0.15, 0.2) is 141 Å². The molecule has 2 aliphatic carbocycles. The van der Waals surface area contributed by atoms with Gasteiger partial charge < -0.3 is 5.11 Å². The molecule has 2 atom stereocenters. The lowest BCUT2D eigenvalue weighted by Crippen LogP contribution is -2.21. The minimum absolute atomic E-state index is 0.0269. The Morgan fingerprint density at radius 2 is 1.14 bits per heavy atom. The third-order valence-corrected chi connectivity index (χ3v) is 15.9. The lowest BCUT2D eigenvalue weighted by Gasteiger charge is -2.39. The fourth-order valence-corrected chi connectivity index (χ4v) is 12.6. The molecule has 5 nitrogen and oxygen atoms in total. The summed E-state index contributed by atoms with van der Waals surface area (Å²) in [6, 6.07) is 41.1. The van der Waals surface area contributed by atoms with Crippen molar-refractivity contribution in [3.05, 3.63) is 144 Å². The summed E-state index contributed by atoms with van der Waals surface area (Å²) >= 11 is 0. The number of carbonyl (C=O) groups is 1. The summed E-state index contributed by atoms with van der Waals surface area (Å²) in [5.74, 6) is -1.03. The van der Waals surface area contributed by atoms with E-state index in [-0.39, 0.29) is 28.2 Å². The number of benzene rings is 5. The average Bonchev–Trinajstić information content (AvgIpc) is 3.18. The molecule has 2 unspecified atom stereocenters. The van der Waals surface area contributed by atoms with Crippen molar-refractivity contribution in [2.45, 2.75) is 95.1 Å². The molecule has 7 heteroatoms. The highest BCUT2D eigenvalue weighted by molar-refractivity contribution is 8.33. The Bertz CT molecular complexity index is 2070. The first-order chi connectivity index (χ1) is 24.6. The highest BCUT2D eigenvalue weighted by Crippen LogP contribution is 2.66. The molecule has 2 saturated carbocycles.